The molecule has 1 unspecified atom stereocenters. The molecule has 2 aliphatic rings. The number of para-hydroxylation sites is 1. The van der Waals surface area contributed by atoms with Gasteiger partial charge in [-0.25, -0.2) is 4.68 Å². The number of likely N-dealkylation sites (tertiary alicyclic amines) is 1. The Morgan fingerprint density at radius 1 is 0.949 bits per heavy atom. The molecule has 2 amide bonds. The minimum Gasteiger partial charge on any atom is -0.341 e. The van der Waals surface area contributed by atoms with Crippen LogP contribution in [0, 0.1) is 0 Å². The monoisotopic (exact) mass is 576 g/mol. The van der Waals surface area contributed by atoms with Crippen LogP contribution in [-0.4, -0.2) is 51.9 Å². The van der Waals surface area contributed by atoms with E-state index in [-0.39, 0.29) is 29.4 Å². The van der Waals surface area contributed by atoms with Gasteiger partial charge in [0.25, 0.3) is 0 Å². The fraction of sp³-hybridized carbons (Fsp3) is 0.233. The van der Waals surface area contributed by atoms with E-state index in [4.69, 9.17) is 28.3 Å². The van der Waals surface area contributed by atoms with E-state index in [1.54, 1.807) is 15.6 Å². The van der Waals surface area contributed by atoms with Crippen molar-refractivity contribution in [2.24, 2.45) is 0 Å². The Balaban J connectivity index is 1.62. The number of benzene rings is 3. The lowest BCUT2D eigenvalue weighted by Gasteiger charge is -2.25. The zero-order chi connectivity index (χ0) is 26.9. The van der Waals surface area contributed by atoms with E-state index >= 15 is 0 Å². The maximum atomic E-state index is 13.8. The zero-order valence-electron chi connectivity index (χ0n) is 21.1. The third kappa shape index (κ3) is 5.07. The second kappa shape index (κ2) is 11.1. The lowest BCUT2D eigenvalue weighted by atomic mass is 9.99. The molecule has 0 spiro atoms. The lowest BCUT2D eigenvalue weighted by molar-refractivity contribution is -0.130. The van der Waals surface area contributed by atoms with Crippen LogP contribution in [0.4, 0.5) is 5.82 Å². The predicted molar refractivity (Wildman–Crippen MR) is 158 cm³/mol. The molecule has 3 aromatic carbocycles. The molecule has 0 saturated carbocycles. The molecular formula is C30H26Cl2N4O2S. The van der Waals surface area contributed by atoms with Crippen LogP contribution >= 0.6 is 35.0 Å². The molecule has 198 valence electrons. The van der Waals surface area contributed by atoms with Crippen LogP contribution in [0.1, 0.15) is 29.2 Å². The van der Waals surface area contributed by atoms with Crippen LogP contribution in [0.25, 0.3) is 16.9 Å². The van der Waals surface area contributed by atoms with Crippen molar-refractivity contribution in [2.75, 3.05) is 30.3 Å². The Bertz CT molecular complexity index is 1540. The maximum absolute atomic E-state index is 13.8. The van der Waals surface area contributed by atoms with E-state index in [0.717, 1.165) is 35.2 Å². The van der Waals surface area contributed by atoms with Crippen molar-refractivity contribution >= 4 is 52.6 Å². The Morgan fingerprint density at radius 3 is 2.44 bits per heavy atom. The number of thioether (sulfide) groups is 1. The summed E-state index contributed by atoms with van der Waals surface area (Å²) in [6, 6.07) is 25.0. The smallest absolute Gasteiger partial charge is 0.242 e. The lowest BCUT2D eigenvalue weighted by Crippen LogP contribution is -2.43. The zero-order valence-corrected chi connectivity index (χ0v) is 23.4. The molecule has 0 N–H and O–H groups in total. The first-order valence-corrected chi connectivity index (χ1v) is 14.7. The van der Waals surface area contributed by atoms with Crippen molar-refractivity contribution < 1.29 is 9.59 Å². The quantitative estimate of drug-likeness (QED) is 0.267. The Morgan fingerprint density at radius 2 is 1.69 bits per heavy atom. The second-order valence-corrected chi connectivity index (χ2v) is 11.6. The van der Waals surface area contributed by atoms with Crippen LogP contribution in [0.5, 0.6) is 0 Å². The summed E-state index contributed by atoms with van der Waals surface area (Å²) in [4.78, 5) is 30.7. The summed E-state index contributed by atoms with van der Waals surface area (Å²) in [6.45, 7) is 1.37. The number of nitrogens with zero attached hydrogens (tertiary/aromatic N) is 4. The van der Waals surface area contributed by atoms with Crippen LogP contribution < -0.4 is 4.90 Å². The minimum atomic E-state index is -0.249. The summed E-state index contributed by atoms with van der Waals surface area (Å²) in [6.07, 6.45) is 1.96. The molecule has 4 aromatic rings. The molecule has 1 atom stereocenters. The van der Waals surface area contributed by atoms with Gasteiger partial charge in [-0.1, -0.05) is 77.8 Å². The highest BCUT2D eigenvalue weighted by Crippen LogP contribution is 2.49. The summed E-state index contributed by atoms with van der Waals surface area (Å²) < 4.78 is 1.73. The fourth-order valence-corrected chi connectivity index (χ4v) is 6.86. The van der Waals surface area contributed by atoms with Crippen molar-refractivity contribution in [3.8, 4) is 16.9 Å². The number of carbonyl (C=O) groups excluding carboxylic acids is 2. The SMILES string of the molecule is O=C(CN1C(=O)CSC(c2cccc(Cl)c2)c2c(-c3ccccc3)nn(-c3ccccc3Cl)c21)N1CCCC1. The number of aromatic nitrogens is 2. The summed E-state index contributed by atoms with van der Waals surface area (Å²) >= 11 is 14.7. The number of fused-ring (bicyclic) bond motifs is 1. The van der Waals surface area contributed by atoms with Gasteiger partial charge in [-0.3, -0.25) is 14.5 Å². The third-order valence-electron chi connectivity index (χ3n) is 7.12. The largest absolute Gasteiger partial charge is 0.341 e. The number of hydrogen-bond acceptors (Lipinski definition) is 4. The number of halogens is 2. The van der Waals surface area contributed by atoms with Gasteiger partial charge in [0.15, 0.2) is 0 Å². The third-order valence-corrected chi connectivity index (χ3v) is 8.93. The molecule has 6 nitrogen and oxygen atoms in total. The standard InChI is InChI=1S/C30H26Cl2N4O2S/c31-22-12-8-11-21(17-22)29-27-28(20-9-2-1-3-10-20)33-36(24-14-5-4-13-23(24)32)30(27)35(26(38)19-39-29)18-25(37)34-15-6-7-16-34/h1-5,8-14,17,29H,6-7,15-16,18-19H2. The van der Waals surface area contributed by atoms with Crippen molar-refractivity contribution in [1.29, 1.82) is 0 Å². The van der Waals surface area contributed by atoms with Gasteiger partial charge in [0.1, 0.15) is 12.4 Å². The van der Waals surface area contributed by atoms with Gasteiger partial charge >= 0.3 is 0 Å². The average Bonchev–Trinajstić information content (AvgIpc) is 3.59. The number of carbonyl (C=O) groups is 2. The molecule has 1 aromatic heterocycles. The minimum absolute atomic E-state index is 0.0565. The highest BCUT2D eigenvalue weighted by atomic mass is 35.5. The maximum Gasteiger partial charge on any atom is 0.242 e. The molecular weight excluding hydrogens is 551 g/mol. The van der Waals surface area contributed by atoms with Gasteiger partial charge in [0.05, 0.1) is 27.4 Å². The highest BCUT2D eigenvalue weighted by Gasteiger charge is 2.38. The number of hydrogen-bond donors (Lipinski definition) is 0. The van der Waals surface area contributed by atoms with E-state index in [1.165, 1.54) is 11.8 Å². The molecule has 9 heteroatoms. The van der Waals surface area contributed by atoms with E-state index in [0.29, 0.717) is 34.6 Å². The van der Waals surface area contributed by atoms with E-state index in [2.05, 4.69) is 0 Å². The van der Waals surface area contributed by atoms with Crippen molar-refractivity contribution in [3.05, 3.63) is 100 Å². The molecule has 2 aliphatic heterocycles. The number of anilines is 1. The molecule has 1 saturated heterocycles. The van der Waals surface area contributed by atoms with Gasteiger partial charge in [-0.05, 0) is 42.7 Å². The summed E-state index contributed by atoms with van der Waals surface area (Å²) in [7, 11) is 0. The van der Waals surface area contributed by atoms with Crippen LogP contribution in [0.3, 0.4) is 0 Å². The van der Waals surface area contributed by atoms with Crippen LogP contribution in [-0.2, 0) is 9.59 Å². The van der Waals surface area contributed by atoms with E-state index in [9.17, 15) is 9.59 Å². The molecule has 0 radical (unpaired) electrons. The first kappa shape index (κ1) is 26.0. The van der Waals surface area contributed by atoms with Gasteiger partial charge < -0.3 is 4.90 Å². The normalized spacial score (nSPS) is 17.3. The molecule has 0 bridgehead atoms. The van der Waals surface area contributed by atoms with Crippen molar-refractivity contribution in [2.45, 2.75) is 18.1 Å². The summed E-state index contributed by atoms with van der Waals surface area (Å²) in [5.41, 5.74) is 4.10. The first-order valence-electron chi connectivity index (χ1n) is 12.9. The molecule has 6 rings (SSSR count). The van der Waals surface area contributed by atoms with E-state index in [1.807, 2.05) is 77.7 Å². The Kier molecular flexibility index (Phi) is 7.38. The summed E-state index contributed by atoms with van der Waals surface area (Å²) in [5.74, 6) is 0.558. The van der Waals surface area contributed by atoms with Gasteiger partial charge in [-0.2, -0.15) is 5.10 Å². The van der Waals surface area contributed by atoms with Gasteiger partial charge in [0.2, 0.25) is 11.8 Å². The first-order chi connectivity index (χ1) is 19.0. The Labute approximate surface area is 241 Å². The molecule has 39 heavy (non-hydrogen) atoms. The molecule has 3 heterocycles. The van der Waals surface area contributed by atoms with E-state index < -0.39 is 0 Å². The Hall–Kier alpha value is -3.26. The molecule has 0 aliphatic carbocycles. The summed E-state index contributed by atoms with van der Waals surface area (Å²) in [5, 5.41) is 5.95. The van der Waals surface area contributed by atoms with Crippen LogP contribution in [0.2, 0.25) is 10.0 Å². The molecule has 1 fully saturated rings. The van der Waals surface area contributed by atoms with Crippen molar-refractivity contribution in [1.82, 2.24) is 14.7 Å². The van der Waals surface area contributed by atoms with Gasteiger partial charge in [0, 0.05) is 29.2 Å². The van der Waals surface area contributed by atoms with Crippen molar-refractivity contribution in [3.63, 3.8) is 0 Å². The van der Waals surface area contributed by atoms with Gasteiger partial charge in [-0.15, -0.1) is 11.8 Å². The number of amides is 2. The number of rotatable bonds is 5. The highest BCUT2D eigenvalue weighted by molar-refractivity contribution is 8.00. The topological polar surface area (TPSA) is 58.4 Å². The predicted octanol–water partition coefficient (Wildman–Crippen LogP) is 6.64. The van der Waals surface area contributed by atoms with Crippen LogP contribution in [0.15, 0.2) is 78.9 Å². The second-order valence-electron chi connectivity index (χ2n) is 9.63. The average molecular weight is 578 g/mol. The fourth-order valence-electron chi connectivity index (χ4n) is 5.25.